The van der Waals surface area contributed by atoms with Gasteiger partial charge in [-0.25, -0.2) is 0 Å². The topological polar surface area (TPSA) is 57.0 Å². The van der Waals surface area contributed by atoms with Crippen molar-refractivity contribution in [2.75, 3.05) is 7.11 Å². The van der Waals surface area contributed by atoms with E-state index in [2.05, 4.69) is 10.2 Å². The molecule has 0 saturated heterocycles. The number of methoxy groups -OCH3 is 1. The molecule has 0 radical (unpaired) electrons. The van der Waals surface area contributed by atoms with Crippen LogP contribution in [0.25, 0.3) is 0 Å². The second kappa shape index (κ2) is 6.47. The highest BCUT2D eigenvalue weighted by Crippen LogP contribution is 2.40. The number of thioether (sulfide) groups is 1. The van der Waals surface area contributed by atoms with Gasteiger partial charge in [0.1, 0.15) is 11.6 Å². The third-order valence-electron chi connectivity index (χ3n) is 2.57. The van der Waals surface area contributed by atoms with Gasteiger partial charge in [-0.15, -0.1) is 10.2 Å². The number of nitrogens with zero attached hydrogens (tertiary/aromatic N) is 3. The van der Waals surface area contributed by atoms with Crippen molar-refractivity contribution in [2.45, 2.75) is 10.4 Å². The van der Waals surface area contributed by atoms with Gasteiger partial charge < -0.3 is 9.30 Å². The number of esters is 1. The molecule has 0 saturated carbocycles. The predicted molar refractivity (Wildman–Crippen MR) is 78.1 cm³/mol. The molecule has 0 unspecified atom stereocenters. The fourth-order valence-corrected chi connectivity index (χ4v) is 3.07. The summed E-state index contributed by atoms with van der Waals surface area (Å²) in [5.41, 5.74) is 0.582. The Morgan fingerprint density at radius 3 is 2.80 bits per heavy atom. The first-order valence-corrected chi connectivity index (χ1v) is 7.20. The number of ether oxygens (including phenoxy) is 1. The molecule has 0 spiro atoms. The van der Waals surface area contributed by atoms with Crippen molar-refractivity contribution in [3.8, 4) is 0 Å². The lowest BCUT2D eigenvalue weighted by Crippen LogP contribution is -2.12. The molecule has 0 N–H and O–H groups in total. The summed E-state index contributed by atoms with van der Waals surface area (Å²) in [5.74, 6) is -0.429. The van der Waals surface area contributed by atoms with E-state index in [0.29, 0.717) is 20.8 Å². The number of aryl methyl sites for hydroxylation is 1. The van der Waals surface area contributed by atoms with Crippen LogP contribution in [0, 0.1) is 0 Å². The highest BCUT2D eigenvalue weighted by molar-refractivity contribution is 8.00. The Labute approximate surface area is 130 Å². The second-order valence-electron chi connectivity index (χ2n) is 3.89. The zero-order valence-electron chi connectivity index (χ0n) is 10.7. The van der Waals surface area contributed by atoms with E-state index in [1.54, 1.807) is 36.1 Å². The standard InChI is InChI=1S/C12H11Cl2N3O2S/c1-17-6-15-16-12(17)20-10(11(18)19-2)7-4-3-5-8(13)9(7)14/h3-6,10H,1-2H3/t10-/m1/s1. The van der Waals surface area contributed by atoms with Gasteiger partial charge in [0.25, 0.3) is 0 Å². The van der Waals surface area contributed by atoms with Crippen LogP contribution in [0.3, 0.4) is 0 Å². The van der Waals surface area contributed by atoms with Crippen molar-refractivity contribution >= 4 is 40.9 Å². The Balaban J connectivity index is 2.40. The number of halogens is 2. The van der Waals surface area contributed by atoms with Crippen LogP contribution < -0.4 is 0 Å². The van der Waals surface area contributed by atoms with Gasteiger partial charge in [-0.05, 0) is 11.6 Å². The molecule has 1 atom stereocenters. The molecule has 2 rings (SSSR count). The Morgan fingerprint density at radius 1 is 1.45 bits per heavy atom. The molecule has 0 bridgehead atoms. The van der Waals surface area contributed by atoms with E-state index in [1.165, 1.54) is 18.9 Å². The number of hydrogen-bond donors (Lipinski definition) is 0. The monoisotopic (exact) mass is 331 g/mol. The van der Waals surface area contributed by atoms with Crippen LogP contribution in [0.15, 0.2) is 29.7 Å². The van der Waals surface area contributed by atoms with Gasteiger partial charge >= 0.3 is 5.97 Å². The zero-order valence-corrected chi connectivity index (χ0v) is 13.0. The Morgan fingerprint density at radius 2 is 2.20 bits per heavy atom. The van der Waals surface area contributed by atoms with Crippen molar-refractivity contribution in [3.63, 3.8) is 0 Å². The van der Waals surface area contributed by atoms with Gasteiger partial charge in [0.15, 0.2) is 5.16 Å². The van der Waals surface area contributed by atoms with Gasteiger partial charge in [-0.3, -0.25) is 4.79 Å². The van der Waals surface area contributed by atoms with Crippen molar-refractivity contribution in [1.82, 2.24) is 14.8 Å². The van der Waals surface area contributed by atoms with Crippen LogP contribution in [0.4, 0.5) is 0 Å². The molecule has 0 fully saturated rings. The van der Waals surface area contributed by atoms with E-state index in [0.717, 1.165) is 0 Å². The molecule has 106 valence electrons. The van der Waals surface area contributed by atoms with E-state index in [1.807, 2.05) is 0 Å². The molecular formula is C12H11Cl2N3O2S. The maximum Gasteiger partial charge on any atom is 0.323 e. The molecule has 0 aliphatic carbocycles. The average molecular weight is 332 g/mol. The zero-order chi connectivity index (χ0) is 14.7. The van der Waals surface area contributed by atoms with E-state index >= 15 is 0 Å². The highest BCUT2D eigenvalue weighted by Gasteiger charge is 2.27. The average Bonchev–Trinajstić information content (AvgIpc) is 2.84. The summed E-state index contributed by atoms with van der Waals surface area (Å²) >= 11 is 13.4. The van der Waals surface area contributed by atoms with Gasteiger partial charge in [0.05, 0.1) is 17.2 Å². The van der Waals surface area contributed by atoms with E-state index in [-0.39, 0.29) is 0 Å². The summed E-state index contributed by atoms with van der Waals surface area (Å²) in [6.07, 6.45) is 1.55. The van der Waals surface area contributed by atoms with Crippen LogP contribution in [-0.2, 0) is 16.6 Å². The van der Waals surface area contributed by atoms with E-state index < -0.39 is 11.2 Å². The summed E-state index contributed by atoms with van der Waals surface area (Å²) in [6.45, 7) is 0. The highest BCUT2D eigenvalue weighted by atomic mass is 35.5. The number of aromatic nitrogens is 3. The Kier molecular flexibility index (Phi) is 4.91. The van der Waals surface area contributed by atoms with E-state index in [9.17, 15) is 4.79 Å². The summed E-state index contributed by atoms with van der Waals surface area (Å²) in [6, 6.07) is 5.13. The largest absolute Gasteiger partial charge is 0.468 e. The number of benzene rings is 1. The lowest BCUT2D eigenvalue weighted by molar-refractivity contribution is -0.140. The first-order valence-electron chi connectivity index (χ1n) is 5.57. The van der Waals surface area contributed by atoms with Gasteiger partial charge in [0, 0.05) is 7.05 Å². The molecule has 2 aromatic rings. The third-order valence-corrected chi connectivity index (χ3v) is 4.67. The van der Waals surface area contributed by atoms with Crippen molar-refractivity contribution in [1.29, 1.82) is 0 Å². The van der Waals surface area contributed by atoms with Crippen LogP contribution in [0.5, 0.6) is 0 Å². The van der Waals surface area contributed by atoms with Crippen molar-refractivity contribution < 1.29 is 9.53 Å². The summed E-state index contributed by atoms with van der Waals surface area (Å²) < 4.78 is 6.54. The lowest BCUT2D eigenvalue weighted by atomic mass is 10.1. The predicted octanol–water partition coefficient (Wildman–Crippen LogP) is 3.13. The van der Waals surface area contributed by atoms with Gasteiger partial charge in [0.2, 0.25) is 0 Å². The molecule has 0 aliphatic rings. The first kappa shape index (κ1) is 15.2. The van der Waals surface area contributed by atoms with Crippen molar-refractivity contribution in [2.24, 2.45) is 7.05 Å². The number of carbonyl (C=O) groups excluding carboxylic acids is 1. The molecule has 1 aromatic carbocycles. The van der Waals surface area contributed by atoms with Gasteiger partial charge in [-0.1, -0.05) is 47.1 Å². The molecule has 0 amide bonds. The quantitative estimate of drug-likeness (QED) is 0.636. The van der Waals surface area contributed by atoms with Crippen LogP contribution in [-0.4, -0.2) is 27.8 Å². The number of hydrogen-bond acceptors (Lipinski definition) is 5. The van der Waals surface area contributed by atoms with Crippen molar-refractivity contribution in [3.05, 3.63) is 40.1 Å². The minimum atomic E-state index is -0.658. The molecule has 5 nitrogen and oxygen atoms in total. The lowest BCUT2D eigenvalue weighted by Gasteiger charge is -2.15. The molecule has 8 heteroatoms. The molecular weight excluding hydrogens is 321 g/mol. The first-order chi connectivity index (χ1) is 9.54. The number of carbonyl (C=O) groups is 1. The normalized spacial score (nSPS) is 12.2. The van der Waals surface area contributed by atoms with E-state index in [4.69, 9.17) is 27.9 Å². The minimum Gasteiger partial charge on any atom is -0.468 e. The smallest absolute Gasteiger partial charge is 0.323 e. The Bertz CT molecular complexity index is 633. The minimum absolute atomic E-state index is 0.333. The third kappa shape index (κ3) is 3.08. The summed E-state index contributed by atoms with van der Waals surface area (Å²) in [7, 11) is 3.11. The molecule has 20 heavy (non-hydrogen) atoms. The second-order valence-corrected chi connectivity index (χ2v) is 5.75. The maximum atomic E-state index is 12.0. The maximum absolute atomic E-state index is 12.0. The van der Waals surface area contributed by atoms with Crippen LogP contribution in [0.2, 0.25) is 10.0 Å². The summed E-state index contributed by atoms with van der Waals surface area (Å²) in [4.78, 5) is 12.0. The fraction of sp³-hybridized carbons (Fsp3) is 0.250. The summed E-state index contributed by atoms with van der Waals surface area (Å²) in [5, 5.41) is 8.36. The molecule has 1 aromatic heterocycles. The molecule has 0 aliphatic heterocycles. The SMILES string of the molecule is COC(=O)[C@H](Sc1nncn1C)c1cccc(Cl)c1Cl. The van der Waals surface area contributed by atoms with Crippen LogP contribution >= 0.6 is 35.0 Å². The van der Waals surface area contributed by atoms with Crippen LogP contribution in [0.1, 0.15) is 10.8 Å². The van der Waals surface area contributed by atoms with Gasteiger partial charge in [-0.2, -0.15) is 0 Å². The molecule has 1 heterocycles. The Hall–Kier alpha value is -1.24. The number of rotatable bonds is 4. The fourth-order valence-electron chi connectivity index (χ4n) is 1.55.